The van der Waals surface area contributed by atoms with Crippen molar-refractivity contribution in [1.82, 2.24) is 15.1 Å². The summed E-state index contributed by atoms with van der Waals surface area (Å²) >= 11 is 0. The summed E-state index contributed by atoms with van der Waals surface area (Å²) in [6, 6.07) is 10.7. The van der Waals surface area contributed by atoms with Crippen LogP contribution < -0.4 is 10.6 Å². The highest BCUT2D eigenvalue weighted by molar-refractivity contribution is 5.91. The first-order valence-electron chi connectivity index (χ1n) is 6.89. The SMILES string of the molecule is O=C(CNC1CC1)Nc1cnn(Cc2ccccc2)c1. The Balaban J connectivity index is 1.52. The van der Waals surface area contributed by atoms with Gasteiger partial charge in [-0.3, -0.25) is 9.48 Å². The van der Waals surface area contributed by atoms with Gasteiger partial charge in [-0.1, -0.05) is 30.3 Å². The van der Waals surface area contributed by atoms with Gasteiger partial charge in [0.25, 0.3) is 0 Å². The molecule has 0 aliphatic heterocycles. The third-order valence-corrected chi connectivity index (χ3v) is 3.23. The number of nitrogens with one attached hydrogen (secondary N) is 2. The zero-order chi connectivity index (χ0) is 13.8. The number of amides is 1. The lowest BCUT2D eigenvalue weighted by Gasteiger charge is -2.03. The van der Waals surface area contributed by atoms with Crippen molar-refractivity contribution in [3.05, 3.63) is 48.3 Å². The van der Waals surface area contributed by atoms with E-state index >= 15 is 0 Å². The van der Waals surface area contributed by atoms with Crippen molar-refractivity contribution in [2.45, 2.75) is 25.4 Å². The number of carbonyl (C=O) groups excluding carboxylic acids is 1. The maximum absolute atomic E-state index is 11.7. The van der Waals surface area contributed by atoms with Gasteiger partial charge in [-0.25, -0.2) is 0 Å². The lowest BCUT2D eigenvalue weighted by molar-refractivity contribution is -0.115. The molecule has 2 N–H and O–H groups in total. The van der Waals surface area contributed by atoms with Gasteiger partial charge < -0.3 is 10.6 Å². The van der Waals surface area contributed by atoms with Gasteiger partial charge in [0, 0.05) is 12.2 Å². The average Bonchev–Trinajstić information content (AvgIpc) is 3.19. The second kappa shape index (κ2) is 5.88. The van der Waals surface area contributed by atoms with Crippen LogP contribution in [0, 0.1) is 0 Å². The summed E-state index contributed by atoms with van der Waals surface area (Å²) in [6.07, 6.45) is 5.89. The van der Waals surface area contributed by atoms with Crippen LogP contribution in [-0.4, -0.2) is 28.3 Å². The number of benzene rings is 1. The summed E-state index contributed by atoms with van der Waals surface area (Å²) in [5.41, 5.74) is 1.92. The van der Waals surface area contributed by atoms with Crippen molar-refractivity contribution in [1.29, 1.82) is 0 Å². The summed E-state index contributed by atoms with van der Waals surface area (Å²) in [7, 11) is 0. The van der Waals surface area contributed by atoms with Gasteiger partial charge in [-0.15, -0.1) is 0 Å². The number of hydrogen-bond donors (Lipinski definition) is 2. The molecule has 0 unspecified atom stereocenters. The maximum Gasteiger partial charge on any atom is 0.238 e. The molecule has 1 fully saturated rings. The molecular formula is C15H18N4O. The van der Waals surface area contributed by atoms with Gasteiger partial charge in [-0.2, -0.15) is 5.10 Å². The Morgan fingerprint density at radius 2 is 2.10 bits per heavy atom. The van der Waals surface area contributed by atoms with Gasteiger partial charge >= 0.3 is 0 Å². The molecule has 0 saturated heterocycles. The summed E-state index contributed by atoms with van der Waals surface area (Å²) in [4.78, 5) is 11.7. The molecule has 0 radical (unpaired) electrons. The molecule has 0 bridgehead atoms. The van der Waals surface area contributed by atoms with Crippen LogP contribution in [0.2, 0.25) is 0 Å². The van der Waals surface area contributed by atoms with Crippen LogP contribution in [0.3, 0.4) is 0 Å². The predicted octanol–water partition coefficient (Wildman–Crippen LogP) is 1.62. The Hall–Kier alpha value is -2.14. The third kappa shape index (κ3) is 3.68. The molecule has 1 aliphatic carbocycles. The monoisotopic (exact) mass is 270 g/mol. The smallest absolute Gasteiger partial charge is 0.238 e. The molecule has 5 heteroatoms. The summed E-state index contributed by atoms with van der Waals surface area (Å²) in [5.74, 6) is -0.0174. The topological polar surface area (TPSA) is 59.0 Å². The zero-order valence-corrected chi connectivity index (χ0v) is 11.2. The highest BCUT2D eigenvalue weighted by Gasteiger charge is 2.21. The highest BCUT2D eigenvalue weighted by Crippen LogP contribution is 2.18. The van der Waals surface area contributed by atoms with E-state index in [4.69, 9.17) is 0 Å². The quantitative estimate of drug-likeness (QED) is 0.838. The van der Waals surface area contributed by atoms with Gasteiger partial charge in [0.05, 0.1) is 25.0 Å². The van der Waals surface area contributed by atoms with Gasteiger partial charge in [0.15, 0.2) is 0 Å². The number of anilines is 1. The molecule has 104 valence electrons. The third-order valence-electron chi connectivity index (χ3n) is 3.23. The molecular weight excluding hydrogens is 252 g/mol. The van der Waals surface area contributed by atoms with Crippen molar-refractivity contribution < 1.29 is 4.79 Å². The molecule has 1 saturated carbocycles. The van der Waals surface area contributed by atoms with Crippen molar-refractivity contribution >= 4 is 11.6 Å². The van der Waals surface area contributed by atoms with E-state index in [2.05, 4.69) is 27.9 Å². The number of aromatic nitrogens is 2. The number of nitrogens with zero attached hydrogens (tertiary/aromatic N) is 2. The lowest BCUT2D eigenvalue weighted by Crippen LogP contribution is -2.29. The fraction of sp³-hybridized carbons (Fsp3) is 0.333. The summed E-state index contributed by atoms with van der Waals surface area (Å²) in [6.45, 7) is 1.07. The second-order valence-electron chi connectivity index (χ2n) is 5.12. The Bertz CT molecular complexity index is 575. The van der Waals surface area contributed by atoms with Crippen LogP contribution in [0.4, 0.5) is 5.69 Å². The van der Waals surface area contributed by atoms with Crippen molar-refractivity contribution in [2.24, 2.45) is 0 Å². The minimum atomic E-state index is -0.0174. The van der Waals surface area contributed by atoms with Crippen molar-refractivity contribution in [3.8, 4) is 0 Å². The molecule has 0 spiro atoms. The van der Waals surface area contributed by atoms with E-state index in [1.807, 2.05) is 29.1 Å². The zero-order valence-electron chi connectivity index (χ0n) is 11.2. The Labute approximate surface area is 118 Å². The minimum absolute atomic E-state index is 0.0174. The normalized spacial score (nSPS) is 14.2. The van der Waals surface area contributed by atoms with Crippen LogP contribution in [0.15, 0.2) is 42.7 Å². The molecule has 2 aromatic rings. The summed E-state index contributed by atoms with van der Waals surface area (Å²) < 4.78 is 1.82. The molecule has 1 aliphatic rings. The van der Waals surface area contributed by atoms with E-state index in [-0.39, 0.29) is 5.91 Å². The fourth-order valence-electron chi connectivity index (χ4n) is 2.01. The van der Waals surface area contributed by atoms with E-state index in [0.29, 0.717) is 19.1 Å². The summed E-state index contributed by atoms with van der Waals surface area (Å²) in [5, 5.41) is 10.3. The molecule has 1 amide bonds. The predicted molar refractivity (Wildman–Crippen MR) is 77.4 cm³/mol. The first kappa shape index (κ1) is 12.9. The lowest BCUT2D eigenvalue weighted by atomic mass is 10.2. The van der Waals surface area contributed by atoms with Crippen LogP contribution in [0.5, 0.6) is 0 Å². The largest absolute Gasteiger partial charge is 0.322 e. The van der Waals surface area contributed by atoms with E-state index < -0.39 is 0 Å². The second-order valence-corrected chi connectivity index (χ2v) is 5.12. The molecule has 1 heterocycles. The molecule has 1 aromatic carbocycles. The van der Waals surface area contributed by atoms with E-state index in [1.165, 1.54) is 18.4 Å². The maximum atomic E-state index is 11.7. The van der Waals surface area contributed by atoms with E-state index in [0.717, 1.165) is 5.69 Å². The molecule has 0 atom stereocenters. The Morgan fingerprint density at radius 1 is 1.30 bits per heavy atom. The number of rotatable bonds is 6. The highest BCUT2D eigenvalue weighted by atomic mass is 16.1. The number of hydrogen-bond acceptors (Lipinski definition) is 3. The molecule has 3 rings (SSSR count). The molecule has 20 heavy (non-hydrogen) atoms. The van der Waals surface area contributed by atoms with E-state index in [9.17, 15) is 4.79 Å². The standard InChI is InChI=1S/C15H18N4O/c20-15(9-16-13-6-7-13)18-14-8-17-19(11-14)10-12-4-2-1-3-5-12/h1-5,8,11,13,16H,6-7,9-10H2,(H,18,20). The Kier molecular flexibility index (Phi) is 3.78. The van der Waals surface area contributed by atoms with Crippen molar-refractivity contribution in [3.63, 3.8) is 0 Å². The fourth-order valence-corrected chi connectivity index (χ4v) is 2.01. The first-order valence-corrected chi connectivity index (χ1v) is 6.89. The van der Waals surface area contributed by atoms with Crippen LogP contribution in [0.25, 0.3) is 0 Å². The van der Waals surface area contributed by atoms with E-state index in [1.54, 1.807) is 6.20 Å². The molecule has 1 aromatic heterocycles. The molecule has 5 nitrogen and oxygen atoms in total. The van der Waals surface area contributed by atoms with Gasteiger partial charge in [-0.05, 0) is 18.4 Å². The van der Waals surface area contributed by atoms with Gasteiger partial charge in [0.2, 0.25) is 5.91 Å². The van der Waals surface area contributed by atoms with Crippen LogP contribution >= 0.6 is 0 Å². The minimum Gasteiger partial charge on any atom is -0.322 e. The van der Waals surface area contributed by atoms with Crippen LogP contribution in [-0.2, 0) is 11.3 Å². The van der Waals surface area contributed by atoms with Crippen molar-refractivity contribution in [2.75, 3.05) is 11.9 Å². The number of carbonyl (C=O) groups is 1. The van der Waals surface area contributed by atoms with Crippen LogP contribution in [0.1, 0.15) is 18.4 Å². The first-order chi connectivity index (χ1) is 9.79. The Morgan fingerprint density at radius 3 is 2.85 bits per heavy atom. The average molecular weight is 270 g/mol. The van der Waals surface area contributed by atoms with Gasteiger partial charge in [0.1, 0.15) is 0 Å².